The van der Waals surface area contributed by atoms with E-state index in [2.05, 4.69) is 0 Å². The minimum atomic E-state index is -3.29. The van der Waals surface area contributed by atoms with Gasteiger partial charge in [-0.05, 0) is 19.1 Å². The Bertz CT molecular complexity index is 444. The largest absolute Gasteiger partial charge is 0.383 e. The molecule has 3 nitrogen and oxygen atoms in total. The molecule has 0 bridgehead atoms. The van der Waals surface area contributed by atoms with Gasteiger partial charge in [-0.15, -0.1) is 0 Å². The van der Waals surface area contributed by atoms with E-state index in [1.807, 2.05) is 6.92 Å². The fourth-order valence-electron chi connectivity index (χ4n) is 1.01. The van der Waals surface area contributed by atoms with E-state index >= 15 is 0 Å². The Labute approximate surface area is 91.0 Å². The summed E-state index contributed by atoms with van der Waals surface area (Å²) < 4.78 is 23.5. The van der Waals surface area contributed by atoms with Crippen molar-refractivity contribution in [3.63, 3.8) is 0 Å². The highest BCUT2D eigenvalue weighted by molar-refractivity contribution is 7.94. The first-order valence-corrected chi connectivity index (χ1v) is 6.13. The summed E-state index contributed by atoms with van der Waals surface area (Å²) in [5.41, 5.74) is 1.05. The average molecular weight is 225 g/mol. The topological polar surface area (TPSA) is 37.4 Å². The standard InChI is InChI=1S/C11H15NO2S/c1-10-4-6-11(7-5-10)15(13,14)9-8-12(2)3/h4-9H,1-3H3. The van der Waals surface area contributed by atoms with Gasteiger partial charge in [0, 0.05) is 20.3 Å². The first-order valence-electron chi connectivity index (χ1n) is 4.58. The van der Waals surface area contributed by atoms with Gasteiger partial charge in [0.15, 0.2) is 0 Å². The molecule has 1 aromatic rings. The molecule has 82 valence electrons. The van der Waals surface area contributed by atoms with Crippen LogP contribution in [-0.4, -0.2) is 27.4 Å². The second-order valence-electron chi connectivity index (χ2n) is 3.61. The molecule has 15 heavy (non-hydrogen) atoms. The van der Waals surface area contributed by atoms with E-state index in [0.717, 1.165) is 5.56 Å². The Morgan fingerprint density at radius 3 is 2.13 bits per heavy atom. The van der Waals surface area contributed by atoms with Crippen LogP contribution in [0, 0.1) is 6.92 Å². The smallest absolute Gasteiger partial charge is 0.201 e. The Hall–Kier alpha value is -1.29. The van der Waals surface area contributed by atoms with Crippen molar-refractivity contribution < 1.29 is 8.42 Å². The Morgan fingerprint density at radius 1 is 1.13 bits per heavy atom. The van der Waals surface area contributed by atoms with Crippen molar-refractivity contribution in [2.45, 2.75) is 11.8 Å². The van der Waals surface area contributed by atoms with Gasteiger partial charge in [0.25, 0.3) is 0 Å². The molecule has 1 rings (SSSR count). The van der Waals surface area contributed by atoms with Crippen LogP contribution in [0.15, 0.2) is 40.8 Å². The monoisotopic (exact) mass is 225 g/mol. The fraction of sp³-hybridized carbons (Fsp3) is 0.273. The second kappa shape index (κ2) is 4.49. The van der Waals surface area contributed by atoms with E-state index < -0.39 is 9.84 Å². The second-order valence-corrected chi connectivity index (χ2v) is 5.44. The van der Waals surface area contributed by atoms with E-state index in [1.165, 1.54) is 11.6 Å². The molecule has 0 saturated carbocycles. The van der Waals surface area contributed by atoms with Gasteiger partial charge in [0.1, 0.15) is 0 Å². The Kier molecular flexibility index (Phi) is 3.52. The van der Waals surface area contributed by atoms with Gasteiger partial charge in [-0.1, -0.05) is 17.7 Å². The molecule has 0 amide bonds. The summed E-state index contributed by atoms with van der Waals surface area (Å²) in [6.45, 7) is 1.92. The molecule has 0 N–H and O–H groups in total. The maximum absolute atomic E-state index is 11.7. The molecule has 0 aliphatic rings. The summed E-state index contributed by atoms with van der Waals surface area (Å²) in [6, 6.07) is 6.81. The fourth-order valence-corrected chi connectivity index (χ4v) is 2.08. The van der Waals surface area contributed by atoms with Crippen molar-refractivity contribution in [3.8, 4) is 0 Å². The maximum Gasteiger partial charge on any atom is 0.201 e. The number of hydrogen-bond donors (Lipinski definition) is 0. The minimum Gasteiger partial charge on any atom is -0.383 e. The van der Waals surface area contributed by atoms with Gasteiger partial charge in [0.2, 0.25) is 9.84 Å². The lowest BCUT2D eigenvalue weighted by Gasteiger charge is -2.04. The van der Waals surface area contributed by atoms with Crippen molar-refractivity contribution in [1.29, 1.82) is 0 Å². The third-order valence-electron chi connectivity index (χ3n) is 1.89. The molecule has 0 spiro atoms. The molecule has 0 aromatic heterocycles. The molecule has 0 atom stereocenters. The Morgan fingerprint density at radius 2 is 1.67 bits per heavy atom. The summed E-state index contributed by atoms with van der Waals surface area (Å²) in [7, 11) is 0.264. The van der Waals surface area contributed by atoms with Crippen molar-refractivity contribution >= 4 is 9.84 Å². The van der Waals surface area contributed by atoms with E-state index in [-0.39, 0.29) is 0 Å². The molecule has 0 saturated heterocycles. The van der Waals surface area contributed by atoms with E-state index in [1.54, 1.807) is 43.3 Å². The molecule has 1 aromatic carbocycles. The minimum absolute atomic E-state index is 0.325. The number of benzene rings is 1. The van der Waals surface area contributed by atoms with Crippen LogP contribution in [0.2, 0.25) is 0 Å². The van der Waals surface area contributed by atoms with Crippen LogP contribution >= 0.6 is 0 Å². The van der Waals surface area contributed by atoms with Gasteiger partial charge in [-0.2, -0.15) is 0 Å². The molecule has 4 heteroatoms. The summed E-state index contributed by atoms with van der Waals surface area (Å²) >= 11 is 0. The maximum atomic E-state index is 11.7. The van der Waals surface area contributed by atoms with Crippen molar-refractivity contribution in [2.24, 2.45) is 0 Å². The number of nitrogens with zero attached hydrogens (tertiary/aromatic N) is 1. The third kappa shape index (κ3) is 3.40. The highest BCUT2D eigenvalue weighted by Crippen LogP contribution is 2.12. The zero-order valence-electron chi connectivity index (χ0n) is 9.14. The van der Waals surface area contributed by atoms with Crippen molar-refractivity contribution in [3.05, 3.63) is 41.4 Å². The lowest BCUT2D eigenvalue weighted by molar-refractivity contribution is 0.562. The highest BCUT2D eigenvalue weighted by Gasteiger charge is 2.09. The molecule has 0 aliphatic carbocycles. The van der Waals surface area contributed by atoms with Crippen LogP contribution in [0.25, 0.3) is 0 Å². The average Bonchev–Trinajstić information content (AvgIpc) is 2.16. The number of hydrogen-bond acceptors (Lipinski definition) is 3. The molecular weight excluding hydrogens is 210 g/mol. The predicted molar refractivity (Wildman–Crippen MR) is 61.2 cm³/mol. The summed E-state index contributed by atoms with van der Waals surface area (Å²) in [6.07, 6.45) is 1.52. The first-order chi connectivity index (χ1) is 6.92. The van der Waals surface area contributed by atoms with Gasteiger partial charge in [-0.3, -0.25) is 0 Å². The van der Waals surface area contributed by atoms with Crippen LogP contribution in [0.5, 0.6) is 0 Å². The summed E-state index contributed by atoms with van der Waals surface area (Å²) in [5.74, 6) is 0. The molecule has 0 fully saturated rings. The van der Waals surface area contributed by atoms with Crippen LogP contribution in [0.4, 0.5) is 0 Å². The lowest BCUT2D eigenvalue weighted by Crippen LogP contribution is -2.03. The molecule has 0 heterocycles. The molecular formula is C11H15NO2S. The molecule has 0 radical (unpaired) electrons. The van der Waals surface area contributed by atoms with Gasteiger partial charge >= 0.3 is 0 Å². The Balaban J connectivity index is 3.02. The zero-order valence-corrected chi connectivity index (χ0v) is 9.95. The van der Waals surface area contributed by atoms with Crippen molar-refractivity contribution in [2.75, 3.05) is 14.1 Å². The quantitative estimate of drug-likeness (QED) is 0.787. The van der Waals surface area contributed by atoms with Gasteiger partial charge in [0.05, 0.1) is 10.3 Å². The van der Waals surface area contributed by atoms with E-state index in [4.69, 9.17) is 0 Å². The zero-order chi connectivity index (χ0) is 11.5. The third-order valence-corrected chi connectivity index (χ3v) is 3.30. The van der Waals surface area contributed by atoms with E-state index in [0.29, 0.717) is 4.90 Å². The van der Waals surface area contributed by atoms with Crippen molar-refractivity contribution in [1.82, 2.24) is 4.90 Å². The molecule has 0 aliphatic heterocycles. The van der Waals surface area contributed by atoms with Gasteiger partial charge < -0.3 is 4.90 Å². The number of aryl methyl sites for hydroxylation is 1. The van der Waals surface area contributed by atoms with Crippen LogP contribution in [-0.2, 0) is 9.84 Å². The SMILES string of the molecule is Cc1ccc(S(=O)(=O)C=CN(C)C)cc1. The molecule has 0 unspecified atom stereocenters. The summed E-state index contributed by atoms with van der Waals surface area (Å²) in [4.78, 5) is 2.01. The normalized spacial score (nSPS) is 11.9. The number of sulfone groups is 1. The summed E-state index contributed by atoms with van der Waals surface area (Å²) in [5, 5.41) is 1.21. The van der Waals surface area contributed by atoms with Crippen LogP contribution in [0.1, 0.15) is 5.56 Å². The van der Waals surface area contributed by atoms with Crippen LogP contribution in [0.3, 0.4) is 0 Å². The first kappa shape index (κ1) is 11.8. The van der Waals surface area contributed by atoms with Crippen LogP contribution < -0.4 is 0 Å². The predicted octanol–water partition coefficient (Wildman–Crippen LogP) is 1.80. The lowest BCUT2D eigenvalue weighted by atomic mass is 10.2. The van der Waals surface area contributed by atoms with Gasteiger partial charge in [-0.25, -0.2) is 8.42 Å². The highest BCUT2D eigenvalue weighted by atomic mass is 32.2. The van der Waals surface area contributed by atoms with E-state index in [9.17, 15) is 8.42 Å². The number of rotatable bonds is 3.